The maximum Gasteiger partial charge on any atom is 0.250 e. The smallest absolute Gasteiger partial charge is 0.250 e. The highest BCUT2D eigenvalue weighted by molar-refractivity contribution is 6.02. The lowest BCUT2D eigenvalue weighted by atomic mass is 9.99. The predicted octanol–water partition coefficient (Wildman–Crippen LogP) is 3.71. The lowest BCUT2D eigenvalue weighted by Gasteiger charge is -2.10. The van der Waals surface area contributed by atoms with Crippen molar-refractivity contribution in [3.63, 3.8) is 0 Å². The number of hydrogen-bond acceptors (Lipinski definition) is 1. The summed E-state index contributed by atoms with van der Waals surface area (Å²) < 4.78 is 0. The van der Waals surface area contributed by atoms with Crippen molar-refractivity contribution < 1.29 is 4.79 Å². The molecule has 1 unspecified atom stereocenters. The molecule has 1 aromatic carbocycles. The average Bonchev–Trinajstić information content (AvgIpc) is 2.28. The molecule has 0 aliphatic rings. The predicted molar refractivity (Wildman–Crippen MR) is 68.6 cm³/mol. The first-order valence-corrected chi connectivity index (χ1v) is 5.61. The van der Waals surface area contributed by atoms with Gasteiger partial charge in [-0.1, -0.05) is 32.6 Å². The van der Waals surface area contributed by atoms with Gasteiger partial charge in [-0.3, -0.25) is 4.79 Å². The Bertz CT molecular complexity index is 378. The Morgan fingerprint density at radius 1 is 1.38 bits per heavy atom. The standard InChI is InChI=1S/C14H19NO/c1-5-11(4)12-6-8-13(9-7-12)15-14(16)10(2)3/h6-9,11H,2,5H2,1,3-4H3,(H,15,16). The minimum atomic E-state index is -0.128. The number of rotatable bonds is 4. The van der Waals surface area contributed by atoms with Gasteiger partial charge >= 0.3 is 0 Å². The zero-order valence-corrected chi connectivity index (χ0v) is 10.2. The minimum absolute atomic E-state index is 0.128. The van der Waals surface area contributed by atoms with Crippen LogP contribution >= 0.6 is 0 Å². The molecule has 0 saturated carbocycles. The van der Waals surface area contributed by atoms with Crippen molar-refractivity contribution in [2.45, 2.75) is 33.1 Å². The Hall–Kier alpha value is -1.57. The monoisotopic (exact) mass is 217 g/mol. The summed E-state index contributed by atoms with van der Waals surface area (Å²) in [5, 5.41) is 2.79. The lowest BCUT2D eigenvalue weighted by Crippen LogP contribution is -2.11. The summed E-state index contributed by atoms with van der Waals surface area (Å²) in [4.78, 5) is 11.4. The third-order valence-corrected chi connectivity index (χ3v) is 2.74. The quantitative estimate of drug-likeness (QED) is 0.765. The Labute approximate surface area is 97.4 Å². The van der Waals surface area contributed by atoms with E-state index in [0.29, 0.717) is 11.5 Å². The first-order valence-electron chi connectivity index (χ1n) is 5.61. The number of carbonyl (C=O) groups is 1. The second kappa shape index (κ2) is 5.50. The van der Waals surface area contributed by atoms with E-state index in [0.717, 1.165) is 12.1 Å². The van der Waals surface area contributed by atoms with Crippen molar-refractivity contribution in [2.75, 3.05) is 5.32 Å². The van der Waals surface area contributed by atoms with Crippen molar-refractivity contribution >= 4 is 11.6 Å². The van der Waals surface area contributed by atoms with Gasteiger partial charge in [-0.2, -0.15) is 0 Å². The van der Waals surface area contributed by atoms with E-state index in [1.165, 1.54) is 5.56 Å². The molecule has 0 bridgehead atoms. The van der Waals surface area contributed by atoms with Crippen molar-refractivity contribution in [1.82, 2.24) is 0 Å². The molecule has 0 aliphatic carbocycles. The molecule has 2 nitrogen and oxygen atoms in total. The van der Waals surface area contributed by atoms with E-state index < -0.39 is 0 Å². The molecule has 0 aliphatic heterocycles. The number of anilines is 1. The van der Waals surface area contributed by atoms with Crippen molar-refractivity contribution in [2.24, 2.45) is 0 Å². The fourth-order valence-electron chi connectivity index (χ4n) is 1.37. The maximum atomic E-state index is 11.4. The van der Waals surface area contributed by atoms with Crippen LogP contribution in [0.1, 0.15) is 38.7 Å². The first-order chi connectivity index (χ1) is 7.54. The molecule has 1 rings (SSSR count). The summed E-state index contributed by atoms with van der Waals surface area (Å²) in [6.07, 6.45) is 1.12. The van der Waals surface area contributed by atoms with Gasteiger partial charge in [-0.25, -0.2) is 0 Å². The SMILES string of the molecule is C=C(C)C(=O)Nc1ccc(C(C)CC)cc1. The lowest BCUT2D eigenvalue weighted by molar-refractivity contribution is -0.112. The molecule has 0 fully saturated rings. The maximum absolute atomic E-state index is 11.4. The summed E-state index contributed by atoms with van der Waals surface area (Å²) in [5.74, 6) is 0.433. The van der Waals surface area contributed by atoms with Gasteiger partial charge in [-0.15, -0.1) is 0 Å². The van der Waals surface area contributed by atoms with Crippen molar-refractivity contribution in [3.05, 3.63) is 42.0 Å². The topological polar surface area (TPSA) is 29.1 Å². The second-order valence-electron chi connectivity index (χ2n) is 4.17. The first kappa shape index (κ1) is 12.5. The van der Waals surface area contributed by atoms with Crippen LogP contribution in [0.5, 0.6) is 0 Å². The van der Waals surface area contributed by atoms with Gasteiger partial charge in [0.05, 0.1) is 0 Å². The Morgan fingerprint density at radius 3 is 2.38 bits per heavy atom. The van der Waals surface area contributed by atoms with E-state index in [-0.39, 0.29) is 5.91 Å². The van der Waals surface area contributed by atoms with E-state index in [4.69, 9.17) is 0 Å². The molecule has 86 valence electrons. The largest absolute Gasteiger partial charge is 0.322 e. The highest BCUT2D eigenvalue weighted by Gasteiger charge is 2.04. The van der Waals surface area contributed by atoms with Gasteiger partial charge in [0.1, 0.15) is 0 Å². The molecule has 0 aromatic heterocycles. The normalized spacial score (nSPS) is 11.9. The zero-order valence-electron chi connectivity index (χ0n) is 10.2. The van der Waals surface area contributed by atoms with Gasteiger partial charge in [-0.05, 0) is 37.0 Å². The van der Waals surface area contributed by atoms with Crippen LogP contribution in [-0.4, -0.2) is 5.91 Å². The third-order valence-electron chi connectivity index (χ3n) is 2.74. The van der Waals surface area contributed by atoms with Gasteiger partial charge in [0, 0.05) is 11.3 Å². The fraction of sp³-hybridized carbons (Fsp3) is 0.357. The summed E-state index contributed by atoms with van der Waals surface area (Å²) >= 11 is 0. The minimum Gasteiger partial charge on any atom is -0.322 e. The summed E-state index contributed by atoms with van der Waals surface area (Å²) in [7, 11) is 0. The van der Waals surface area contributed by atoms with E-state index in [2.05, 4.69) is 37.9 Å². The van der Waals surface area contributed by atoms with Gasteiger partial charge in [0.15, 0.2) is 0 Å². The number of nitrogens with one attached hydrogen (secondary N) is 1. The molecular formula is C14H19NO. The van der Waals surface area contributed by atoms with E-state index in [1.54, 1.807) is 6.92 Å². The summed E-state index contributed by atoms with van der Waals surface area (Å²) in [6.45, 7) is 9.66. The number of benzene rings is 1. The van der Waals surface area contributed by atoms with Gasteiger partial charge in [0.2, 0.25) is 0 Å². The highest BCUT2D eigenvalue weighted by Crippen LogP contribution is 2.20. The van der Waals surface area contributed by atoms with E-state index in [1.807, 2.05) is 12.1 Å². The van der Waals surface area contributed by atoms with Crippen LogP contribution < -0.4 is 5.32 Å². The van der Waals surface area contributed by atoms with Crippen LogP contribution in [0.2, 0.25) is 0 Å². The van der Waals surface area contributed by atoms with Crippen molar-refractivity contribution in [1.29, 1.82) is 0 Å². The second-order valence-corrected chi connectivity index (χ2v) is 4.17. The zero-order chi connectivity index (χ0) is 12.1. The van der Waals surface area contributed by atoms with Crippen LogP contribution in [-0.2, 0) is 4.79 Å². The molecule has 16 heavy (non-hydrogen) atoms. The van der Waals surface area contributed by atoms with Crippen LogP contribution in [0.4, 0.5) is 5.69 Å². The Balaban J connectivity index is 2.72. The number of hydrogen-bond donors (Lipinski definition) is 1. The van der Waals surface area contributed by atoms with Crippen LogP contribution in [0.15, 0.2) is 36.4 Å². The number of carbonyl (C=O) groups excluding carboxylic acids is 1. The molecule has 2 heteroatoms. The summed E-state index contributed by atoms with van der Waals surface area (Å²) in [5.41, 5.74) is 2.64. The van der Waals surface area contributed by atoms with E-state index in [9.17, 15) is 4.79 Å². The molecule has 1 atom stereocenters. The summed E-state index contributed by atoms with van der Waals surface area (Å²) in [6, 6.07) is 7.98. The van der Waals surface area contributed by atoms with Crippen LogP contribution in [0.3, 0.4) is 0 Å². The van der Waals surface area contributed by atoms with Crippen molar-refractivity contribution in [3.8, 4) is 0 Å². The molecule has 1 aromatic rings. The van der Waals surface area contributed by atoms with Gasteiger partial charge in [0.25, 0.3) is 5.91 Å². The molecule has 1 amide bonds. The number of amides is 1. The highest BCUT2D eigenvalue weighted by atomic mass is 16.1. The molecule has 0 saturated heterocycles. The molecular weight excluding hydrogens is 198 g/mol. The van der Waals surface area contributed by atoms with Gasteiger partial charge < -0.3 is 5.32 Å². The molecule has 0 radical (unpaired) electrons. The molecule has 1 N–H and O–H groups in total. The third kappa shape index (κ3) is 3.23. The Morgan fingerprint density at radius 2 is 1.94 bits per heavy atom. The van der Waals surface area contributed by atoms with Crippen LogP contribution in [0.25, 0.3) is 0 Å². The Kier molecular flexibility index (Phi) is 4.29. The van der Waals surface area contributed by atoms with Crippen LogP contribution in [0, 0.1) is 0 Å². The average molecular weight is 217 g/mol. The molecule has 0 heterocycles. The van der Waals surface area contributed by atoms with E-state index >= 15 is 0 Å². The fourth-order valence-corrected chi connectivity index (χ4v) is 1.37. The molecule has 0 spiro atoms.